The van der Waals surface area contributed by atoms with Crippen LogP contribution in [-0.4, -0.2) is 16.6 Å². The van der Waals surface area contributed by atoms with Crippen molar-refractivity contribution in [1.29, 1.82) is 5.26 Å². The van der Waals surface area contributed by atoms with Gasteiger partial charge in [-0.05, 0) is 43.2 Å². The van der Waals surface area contributed by atoms with E-state index in [4.69, 9.17) is 16.9 Å². The molecular formula is C23H21ClN2O2. The van der Waals surface area contributed by atoms with Crippen molar-refractivity contribution in [2.24, 2.45) is 5.92 Å². The van der Waals surface area contributed by atoms with E-state index in [2.05, 4.69) is 17.2 Å². The molecule has 0 aromatic heterocycles. The zero-order chi connectivity index (χ0) is 20.0. The summed E-state index contributed by atoms with van der Waals surface area (Å²) in [6.45, 7) is 0. The van der Waals surface area contributed by atoms with Gasteiger partial charge in [0.2, 0.25) is 5.60 Å². The summed E-state index contributed by atoms with van der Waals surface area (Å²) >= 11 is 6.05. The molecule has 1 saturated carbocycles. The van der Waals surface area contributed by atoms with Gasteiger partial charge >= 0.3 is 0 Å². The van der Waals surface area contributed by atoms with Crippen molar-refractivity contribution >= 4 is 23.2 Å². The Balaban J connectivity index is 1.89. The monoisotopic (exact) mass is 392 g/mol. The normalized spacial score (nSPS) is 16.2. The molecule has 0 spiro atoms. The molecule has 1 fully saturated rings. The summed E-state index contributed by atoms with van der Waals surface area (Å²) in [5.41, 5.74) is -0.307. The summed E-state index contributed by atoms with van der Waals surface area (Å²) in [5.74, 6) is 5.00. The molecule has 142 valence electrons. The van der Waals surface area contributed by atoms with Crippen molar-refractivity contribution in [1.82, 2.24) is 0 Å². The number of nitrogens with zero attached hydrogens (tertiary/aromatic N) is 1. The van der Waals surface area contributed by atoms with Crippen LogP contribution in [-0.2, 0) is 4.79 Å². The molecule has 1 amide bonds. The first-order valence-electron chi connectivity index (χ1n) is 9.34. The Kier molecular flexibility index (Phi) is 6.37. The fourth-order valence-electron chi connectivity index (χ4n) is 3.46. The SMILES string of the molecule is N#Cc1ccc(NC(=O)[C@](O)(C#Cc2ccccc2)C2CCCCC2)cc1Cl. The predicted octanol–water partition coefficient (Wildman–Crippen LogP) is 4.51. The number of amides is 1. The first kappa shape index (κ1) is 20.0. The summed E-state index contributed by atoms with van der Waals surface area (Å²) in [5, 5.41) is 23.3. The van der Waals surface area contributed by atoms with E-state index in [1.807, 2.05) is 36.4 Å². The molecule has 0 unspecified atom stereocenters. The first-order chi connectivity index (χ1) is 13.5. The average Bonchev–Trinajstić information content (AvgIpc) is 2.73. The minimum atomic E-state index is -1.80. The molecule has 3 rings (SSSR count). The van der Waals surface area contributed by atoms with Gasteiger partial charge in [0, 0.05) is 17.2 Å². The summed E-state index contributed by atoms with van der Waals surface area (Å²) in [6, 6.07) is 15.9. The highest BCUT2D eigenvalue weighted by Crippen LogP contribution is 2.34. The van der Waals surface area contributed by atoms with E-state index in [0.717, 1.165) is 37.7 Å². The third kappa shape index (κ3) is 4.54. The van der Waals surface area contributed by atoms with E-state index in [0.29, 0.717) is 11.3 Å². The fourth-order valence-corrected chi connectivity index (χ4v) is 3.69. The number of anilines is 1. The first-order valence-corrected chi connectivity index (χ1v) is 9.72. The standard InChI is InChI=1S/C23H21ClN2O2/c24-21-15-20(12-11-18(21)16-25)26-22(27)23(28,19-9-5-2-6-10-19)14-13-17-7-3-1-4-8-17/h1,3-4,7-8,11-12,15,19,28H,2,5-6,9-10H2,(H,26,27)/t23-/m0/s1. The van der Waals surface area contributed by atoms with Crippen LogP contribution in [0.4, 0.5) is 5.69 Å². The number of carbonyl (C=O) groups excluding carboxylic acids is 1. The van der Waals surface area contributed by atoms with E-state index >= 15 is 0 Å². The van der Waals surface area contributed by atoms with Gasteiger partial charge in [0.1, 0.15) is 6.07 Å². The Bertz CT molecular complexity index is 950. The average molecular weight is 393 g/mol. The summed E-state index contributed by atoms with van der Waals surface area (Å²) in [6.07, 6.45) is 4.54. The van der Waals surface area contributed by atoms with Gasteiger partial charge in [0.15, 0.2) is 0 Å². The lowest BCUT2D eigenvalue weighted by atomic mass is 9.76. The summed E-state index contributed by atoms with van der Waals surface area (Å²) < 4.78 is 0. The minimum absolute atomic E-state index is 0.230. The van der Waals surface area contributed by atoms with Crippen molar-refractivity contribution in [3.8, 4) is 17.9 Å². The van der Waals surface area contributed by atoms with E-state index in [1.165, 1.54) is 12.1 Å². The number of rotatable bonds is 3. The second-order valence-corrected chi connectivity index (χ2v) is 7.39. The fraction of sp³-hybridized carbons (Fsp3) is 0.304. The second-order valence-electron chi connectivity index (χ2n) is 6.98. The van der Waals surface area contributed by atoms with Crippen molar-refractivity contribution in [2.45, 2.75) is 37.7 Å². The maximum atomic E-state index is 13.0. The van der Waals surface area contributed by atoms with Crippen LogP contribution in [0.3, 0.4) is 0 Å². The van der Waals surface area contributed by atoms with Crippen LogP contribution in [0, 0.1) is 29.1 Å². The Morgan fingerprint density at radius 1 is 1.14 bits per heavy atom. The Morgan fingerprint density at radius 3 is 2.50 bits per heavy atom. The van der Waals surface area contributed by atoms with E-state index in [-0.39, 0.29) is 10.9 Å². The molecule has 0 radical (unpaired) electrons. The summed E-state index contributed by atoms with van der Waals surface area (Å²) in [7, 11) is 0. The third-order valence-electron chi connectivity index (χ3n) is 5.06. The van der Waals surface area contributed by atoms with Gasteiger partial charge in [0.25, 0.3) is 5.91 Å². The number of benzene rings is 2. The molecule has 0 saturated heterocycles. The molecule has 0 bridgehead atoms. The smallest absolute Gasteiger partial charge is 0.269 e. The van der Waals surface area contributed by atoms with Crippen LogP contribution in [0.15, 0.2) is 48.5 Å². The maximum absolute atomic E-state index is 13.0. The van der Waals surface area contributed by atoms with Gasteiger partial charge in [-0.25, -0.2) is 0 Å². The highest BCUT2D eigenvalue weighted by molar-refractivity contribution is 6.32. The lowest BCUT2D eigenvalue weighted by molar-refractivity contribution is -0.134. The molecule has 1 aliphatic carbocycles. The molecule has 1 atom stereocenters. The number of hydrogen-bond donors (Lipinski definition) is 2. The number of halogens is 1. The minimum Gasteiger partial charge on any atom is -0.369 e. The number of aliphatic hydroxyl groups is 1. The highest BCUT2D eigenvalue weighted by atomic mass is 35.5. The van der Waals surface area contributed by atoms with Gasteiger partial charge in [-0.15, -0.1) is 0 Å². The van der Waals surface area contributed by atoms with Gasteiger partial charge in [0.05, 0.1) is 10.6 Å². The molecule has 2 N–H and O–H groups in total. The molecule has 28 heavy (non-hydrogen) atoms. The van der Waals surface area contributed by atoms with Crippen LogP contribution in [0.25, 0.3) is 0 Å². The lowest BCUT2D eigenvalue weighted by Crippen LogP contribution is -2.48. The summed E-state index contributed by atoms with van der Waals surface area (Å²) in [4.78, 5) is 13.0. The lowest BCUT2D eigenvalue weighted by Gasteiger charge is -2.33. The topological polar surface area (TPSA) is 73.1 Å². The van der Waals surface area contributed by atoms with Gasteiger partial charge in [-0.2, -0.15) is 5.26 Å². The third-order valence-corrected chi connectivity index (χ3v) is 5.37. The molecule has 5 heteroatoms. The Morgan fingerprint density at radius 2 is 1.86 bits per heavy atom. The zero-order valence-corrected chi connectivity index (χ0v) is 16.2. The van der Waals surface area contributed by atoms with Crippen molar-refractivity contribution in [3.05, 3.63) is 64.7 Å². The number of nitrogens with one attached hydrogen (secondary N) is 1. The van der Waals surface area contributed by atoms with E-state index in [1.54, 1.807) is 6.07 Å². The largest absolute Gasteiger partial charge is 0.369 e. The molecule has 4 nitrogen and oxygen atoms in total. The van der Waals surface area contributed by atoms with Gasteiger partial charge < -0.3 is 10.4 Å². The van der Waals surface area contributed by atoms with Crippen molar-refractivity contribution in [2.75, 3.05) is 5.32 Å². The van der Waals surface area contributed by atoms with Crippen LogP contribution in [0.1, 0.15) is 43.2 Å². The Hall–Kier alpha value is -2.79. The van der Waals surface area contributed by atoms with Crippen LogP contribution in [0.5, 0.6) is 0 Å². The number of hydrogen-bond acceptors (Lipinski definition) is 3. The molecular weight excluding hydrogens is 372 g/mol. The molecule has 2 aromatic carbocycles. The van der Waals surface area contributed by atoms with Gasteiger partial charge in [-0.1, -0.05) is 60.9 Å². The molecule has 0 aliphatic heterocycles. The number of nitriles is 1. The zero-order valence-electron chi connectivity index (χ0n) is 15.4. The quantitative estimate of drug-likeness (QED) is 0.754. The molecule has 0 heterocycles. The van der Waals surface area contributed by atoms with E-state index in [9.17, 15) is 9.90 Å². The number of carbonyl (C=O) groups is 1. The molecule has 1 aliphatic rings. The van der Waals surface area contributed by atoms with Crippen molar-refractivity contribution in [3.63, 3.8) is 0 Å². The predicted molar refractivity (Wildman–Crippen MR) is 110 cm³/mol. The van der Waals surface area contributed by atoms with E-state index < -0.39 is 11.5 Å². The van der Waals surface area contributed by atoms with Crippen LogP contribution < -0.4 is 5.32 Å². The highest BCUT2D eigenvalue weighted by Gasteiger charge is 2.43. The van der Waals surface area contributed by atoms with Crippen LogP contribution in [0.2, 0.25) is 5.02 Å². The van der Waals surface area contributed by atoms with Crippen LogP contribution >= 0.6 is 11.6 Å². The van der Waals surface area contributed by atoms with Gasteiger partial charge in [-0.3, -0.25) is 4.79 Å². The molecule has 2 aromatic rings. The Labute approximate surface area is 170 Å². The van der Waals surface area contributed by atoms with Crippen molar-refractivity contribution < 1.29 is 9.90 Å². The maximum Gasteiger partial charge on any atom is 0.269 e. The second kappa shape index (κ2) is 8.93.